The number of aromatic nitrogens is 1. The summed E-state index contributed by atoms with van der Waals surface area (Å²) in [7, 11) is 1.63. The minimum atomic E-state index is -0.645. The zero-order valence-corrected chi connectivity index (χ0v) is 18.8. The SMILES string of the molecule is COc1ccc2[nH]cc(CCN3C(=O)C(O)=C(C(=O)c4cccs4)[C@@H]3c3ccccc3)c2c1. The molecule has 0 bridgehead atoms. The minimum absolute atomic E-state index is 0.134. The molecule has 6 nitrogen and oxygen atoms in total. The monoisotopic (exact) mass is 458 g/mol. The Balaban J connectivity index is 1.49. The third-order valence-electron chi connectivity index (χ3n) is 6.01. The van der Waals surface area contributed by atoms with Gasteiger partial charge in [-0.2, -0.15) is 0 Å². The van der Waals surface area contributed by atoms with E-state index in [1.165, 1.54) is 11.3 Å². The van der Waals surface area contributed by atoms with Crippen LogP contribution in [0.1, 0.15) is 26.8 Å². The fourth-order valence-electron chi connectivity index (χ4n) is 4.37. The average molecular weight is 459 g/mol. The summed E-state index contributed by atoms with van der Waals surface area (Å²) in [6.45, 7) is 0.341. The van der Waals surface area contributed by atoms with Crippen molar-refractivity contribution >= 4 is 33.9 Å². The van der Waals surface area contributed by atoms with E-state index in [4.69, 9.17) is 4.74 Å². The van der Waals surface area contributed by atoms with Gasteiger partial charge in [0.05, 0.1) is 23.6 Å². The molecule has 1 atom stereocenters. The summed E-state index contributed by atoms with van der Waals surface area (Å²) in [6.07, 6.45) is 2.48. The summed E-state index contributed by atoms with van der Waals surface area (Å²) in [4.78, 5) is 31.7. The highest BCUT2D eigenvalue weighted by Crippen LogP contribution is 2.39. The molecule has 0 radical (unpaired) electrons. The Morgan fingerprint density at radius 3 is 2.70 bits per heavy atom. The van der Waals surface area contributed by atoms with Crippen LogP contribution in [0.2, 0.25) is 0 Å². The number of benzene rings is 2. The quantitative estimate of drug-likeness (QED) is 0.379. The van der Waals surface area contributed by atoms with Crippen molar-refractivity contribution in [1.82, 2.24) is 9.88 Å². The standard InChI is InChI=1S/C26H22N2O4S/c1-32-18-9-10-20-19(14-18)17(15-27-20)11-12-28-23(16-6-3-2-4-7-16)22(25(30)26(28)31)24(29)21-8-5-13-33-21/h2-10,13-15,23,27,30H,11-12H2,1H3/t23-/m0/s1. The van der Waals surface area contributed by atoms with Crippen molar-refractivity contribution < 1.29 is 19.4 Å². The number of ether oxygens (including phenoxy) is 1. The number of Topliss-reactive ketones (excluding diaryl/α,β-unsaturated/α-hetero) is 1. The Kier molecular flexibility index (Phi) is 5.48. The Morgan fingerprint density at radius 1 is 1.15 bits per heavy atom. The molecule has 1 aliphatic rings. The molecule has 33 heavy (non-hydrogen) atoms. The molecule has 0 aliphatic carbocycles. The molecule has 0 spiro atoms. The highest BCUT2D eigenvalue weighted by atomic mass is 32.1. The number of ketones is 1. The maximum absolute atomic E-state index is 13.3. The van der Waals surface area contributed by atoms with Gasteiger partial charge in [0.2, 0.25) is 5.78 Å². The second kappa shape index (κ2) is 8.60. The van der Waals surface area contributed by atoms with Gasteiger partial charge in [0.1, 0.15) is 5.75 Å². The molecule has 1 amide bonds. The molecule has 4 aromatic rings. The molecule has 3 heterocycles. The lowest BCUT2D eigenvalue weighted by molar-refractivity contribution is -0.129. The van der Waals surface area contributed by atoms with Crippen LogP contribution in [0.3, 0.4) is 0 Å². The molecule has 5 rings (SSSR count). The topological polar surface area (TPSA) is 82.6 Å². The lowest BCUT2D eigenvalue weighted by Crippen LogP contribution is -2.33. The van der Waals surface area contributed by atoms with E-state index in [0.717, 1.165) is 27.8 Å². The van der Waals surface area contributed by atoms with Gasteiger partial charge < -0.3 is 19.7 Å². The van der Waals surface area contributed by atoms with Crippen LogP contribution in [0.15, 0.2) is 83.6 Å². The van der Waals surface area contributed by atoms with Gasteiger partial charge >= 0.3 is 0 Å². The Morgan fingerprint density at radius 2 is 1.97 bits per heavy atom. The van der Waals surface area contributed by atoms with Gasteiger partial charge in [-0.25, -0.2) is 0 Å². The number of fused-ring (bicyclic) bond motifs is 1. The number of carbonyl (C=O) groups excluding carboxylic acids is 2. The van der Waals surface area contributed by atoms with Gasteiger partial charge in [-0.15, -0.1) is 11.3 Å². The lowest BCUT2D eigenvalue weighted by Gasteiger charge is -2.26. The molecule has 166 valence electrons. The van der Waals surface area contributed by atoms with Crippen molar-refractivity contribution in [2.24, 2.45) is 0 Å². The van der Waals surface area contributed by atoms with E-state index >= 15 is 0 Å². The van der Waals surface area contributed by atoms with Gasteiger partial charge in [0, 0.05) is 23.6 Å². The summed E-state index contributed by atoms with van der Waals surface area (Å²) < 4.78 is 5.35. The van der Waals surface area contributed by atoms with Gasteiger partial charge in [-0.3, -0.25) is 9.59 Å². The number of aliphatic hydroxyl groups is 1. The molecule has 1 aliphatic heterocycles. The maximum Gasteiger partial charge on any atom is 0.290 e. The second-order valence-electron chi connectivity index (χ2n) is 7.86. The fraction of sp³-hybridized carbons (Fsp3) is 0.154. The first-order valence-electron chi connectivity index (χ1n) is 10.6. The van der Waals surface area contributed by atoms with Crippen LogP contribution in [0.5, 0.6) is 5.75 Å². The van der Waals surface area contributed by atoms with E-state index in [1.807, 2.05) is 60.1 Å². The zero-order chi connectivity index (χ0) is 22.9. The molecule has 0 unspecified atom stereocenters. The summed E-state index contributed by atoms with van der Waals surface area (Å²) in [5.74, 6) is -0.557. The van der Waals surface area contributed by atoms with Crippen molar-refractivity contribution in [3.8, 4) is 5.75 Å². The van der Waals surface area contributed by atoms with Crippen molar-refractivity contribution in [3.05, 3.63) is 99.6 Å². The van der Waals surface area contributed by atoms with Crippen LogP contribution in [0.4, 0.5) is 0 Å². The Hall–Kier alpha value is -3.84. The number of aliphatic hydroxyl groups excluding tert-OH is 1. The minimum Gasteiger partial charge on any atom is -0.503 e. The first-order chi connectivity index (χ1) is 16.1. The van der Waals surface area contributed by atoms with Crippen molar-refractivity contribution in [1.29, 1.82) is 0 Å². The van der Waals surface area contributed by atoms with E-state index in [1.54, 1.807) is 24.1 Å². The molecule has 2 aromatic heterocycles. The third-order valence-corrected chi connectivity index (χ3v) is 6.87. The van der Waals surface area contributed by atoms with E-state index in [-0.39, 0.29) is 11.4 Å². The first kappa shape index (κ1) is 21.0. The van der Waals surface area contributed by atoms with Gasteiger partial charge in [-0.05, 0) is 47.2 Å². The summed E-state index contributed by atoms with van der Waals surface area (Å²) >= 11 is 1.30. The van der Waals surface area contributed by atoms with E-state index in [9.17, 15) is 14.7 Å². The Labute approximate surface area is 194 Å². The zero-order valence-electron chi connectivity index (χ0n) is 17.9. The second-order valence-corrected chi connectivity index (χ2v) is 8.80. The van der Waals surface area contributed by atoms with Crippen molar-refractivity contribution in [2.75, 3.05) is 13.7 Å². The van der Waals surface area contributed by atoms with Gasteiger partial charge in [-0.1, -0.05) is 36.4 Å². The molecular formula is C26H22N2O4S. The van der Waals surface area contributed by atoms with Crippen LogP contribution < -0.4 is 4.74 Å². The number of hydrogen-bond acceptors (Lipinski definition) is 5. The third kappa shape index (κ3) is 3.70. The lowest BCUT2D eigenvalue weighted by atomic mass is 9.95. The maximum atomic E-state index is 13.3. The predicted octanol–water partition coefficient (Wildman–Crippen LogP) is 5.06. The van der Waals surface area contributed by atoms with Crippen LogP contribution in [-0.2, 0) is 11.2 Å². The van der Waals surface area contributed by atoms with Crippen LogP contribution >= 0.6 is 11.3 Å². The van der Waals surface area contributed by atoms with Gasteiger partial charge in [0.15, 0.2) is 5.76 Å². The number of H-pyrrole nitrogens is 1. The van der Waals surface area contributed by atoms with Crippen LogP contribution in [-0.4, -0.2) is 40.3 Å². The van der Waals surface area contributed by atoms with Crippen LogP contribution in [0.25, 0.3) is 10.9 Å². The van der Waals surface area contributed by atoms with E-state index in [0.29, 0.717) is 17.8 Å². The Bertz CT molecular complexity index is 1360. The molecule has 7 heteroatoms. The van der Waals surface area contributed by atoms with Gasteiger partial charge in [0.25, 0.3) is 5.91 Å². The van der Waals surface area contributed by atoms with E-state index in [2.05, 4.69) is 4.98 Å². The van der Waals surface area contributed by atoms with Crippen molar-refractivity contribution in [3.63, 3.8) is 0 Å². The molecule has 0 fully saturated rings. The number of nitrogens with one attached hydrogen (secondary N) is 1. The summed E-state index contributed by atoms with van der Waals surface area (Å²) in [5, 5.41) is 13.6. The number of thiophene rings is 1. The first-order valence-corrected chi connectivity index (χ1v) is 11.5. The summed E-state index contributed by atoms with van der Waals surface area (Å²) in [5.41, 5.74) is 2.93. The van der Waals surface area contributed by atoms with E-state index < -0.39 is 17.7 Å². The number of nitrogens with zero attached hydrogens (tertiary/aromatic N) is 1. The molecule has 0 saturated heterocycles. The van der Waals surface area contributed by atoms with Crippen molar-refractivity contribution in [2.45, 2.75) is 12.5 Å². The fourth-order valence-corrected chi connectivity index (χ4v) is 5.05. The largest absolute Gasteiger partial charge is 0.503 e. The smallest absolute Gasteiger partial charge is 0.290 e. The predicted molar refractivity (Wildman–Crippen MR) is 128 cm³/mol. The highest BCUT2D eigenvalue weighted by molar-refractivity contribution is 7.12. The molecule has 0 saturated carbocycles. The number of methoxy groups -OCH3 is 1. The highest BCUT2D eigenvalue weighted by Gasteiger charge is 2.43. The molecule has 2 aromatic carbocycles. The normalized spacial score (nSPS) is 16.1. The number of rotatable bonds is 7. The number of amides is 1. The average Bonchev–Trinajstić information content (AvgIpc) is 3.57. The van der Waals surface area contributed by atoms with Crippen LogP contribution in [0, 0.1) is 0 Å². The molecule has 2 N–H and O–H groups in total. The summed E-state index contributed by atoms with van der Waals surface area (Å²) in [6, 6.07) is 18.0. The number of carbonyl (C=O) groups is 2. The number of hydrogen-bond donors (Lipinski definition) is 2. The molecular weight excluding hydrogens is 436 g/mol. The number of aromatic amines is 1.